The number of nitro benzene ring substituents is 1. The van der Waals surface area contributed by atoms with Crippen molar-refractivity contribution in [2.45, 2.75) is 13.3 Å². The van der Waals surface area contributed by atoms with E-state index in [9.17, 15) is 14.9 Å². The number of thiophene rings is 1. The number of non-ortho nitro benzene ring substituents is 1. The highest BCUT2D eigenvalue weighted by Gasteiger charge is 2.23. The zero-order valence-corrected chi connectivity index (χ0v) is 16.3. The molecule has 8 heteroatoms. The van der Waals surface area contributed by atoms with Crippen molar-refractivity contribution in [2.24, 2.45) is 0 Å². The van der Waals surface area contributed by atoms with E-state index in [0.717, 1.165) is 34.6 Å². The molecular weight excluding hydrogens is 376 g/mol. The van der Waals surface area contributed by atoms with Gasteiger partial charge in [0.05, 0.1) is 9.80 Å². The highest BCUT2D eigenvalue weighted by atomic mass is 32.1. The van der Waals surface area contributed by atoms with Crippen LogP contribution in [0.2, 0.25) is 0 Å². The average Bonchev–Trinajstić information content (AvgIpc) is 3.11. The molecule has 0 unspecified atom stereocenters. The number of nitrogens with zero attached hydrogens (tertiary/aromatic N) is 4. The second kappa shape index (κ2) is 7.55. The van der Waals surface area contributed by atoms with Crippen molar-refractivity contribution in [2.75, 3.05) is 31.1 Å². The topological polar surface area (TPSA) is 79.6 Å². The fourth-order valence-electron chi connectivity index (χ4n) is 3.67. The van der Waals surface area contributed by atoms with Gasteiger partial charge in [0, 0.05) is 49.0 Å². The molecule has 0 aliphatic carbocycles. The number of amides is 1. The Hall–Kier alpha value is -3.00. The molecule has 7 nitrogen and oxygen atoms in total. The Morgan fingerprint density at radius 2 is 2.04 bits per heavy atom. The van der Waals surface area contributed by atoms with Gasteiger partial charge in [0.25, 0.3) is 11.6 Å². The summed E-state index contributed by atoms with van der Waals surface area (Å²) < 4.78 is 0. The minimum atomic E-state index is -0.387. The van der Waals surface area contributed by atoms with E-state index < -0.39 is 0 Å². The van der Waals surface area contributed by atoms with Crippen molar-refractivity contribution in [3.05, 3.63) is 62.5 Å². The maximum atomic E-state index is 12.7. The minimum Gasteiger partial charge on any atom is -0.369 e. The summed E-state index contributed by atoms with van der Waals surface area (Å²) in [5.41, 5.74) is 2.12. The lowest BCUT2D eigenvalue weighted by atomic mass is 10.1. The molecule has 28 heavy (non-hydrogen) atoms. The molecule has 3 heterocycles. The molecule has 1 saturated heterocycles. The van der Waals surface area contributed by atoms with Crippen LogP contribution < -0.4 is 4.90 Å². The molecule has 144 valence electrons. The van der Waals surface area contributed by atoms with Crippen molar-refractivity contribution in [3.8, 4) is 0 Å². The van der Waals surface area contributed by atoms with Crippen LogP contribution in [0, 0.1) is 17.0 Å². The fraction of sp³-hybridized carbons (Fsp3) is 0.300. The van der Waals surface area contributed by atoms with Gasteiger partial charge in [-0.15, -0.1) is 11.3 Å². The Labute approximate surface area is 166 Å². The average molecular weight is 396 g/mol. The molecule has 0 spiro atoms. The number of hydrogen-bond acceptors (Lipinski definition) is 6. The van der Waals surface area contributed by atoms with Gasteiger partial charge in [0.2, 0.25) is 0 Å². The van der Waals surface area contributed by atoms with Gasteiger partial charge in [-0.05, 0) is 30.9 Å². The Kier molecular flexibility index (Phi) is 4.95. The predicted molar refractivity (Wildman–Crippen MR) is 110 cm³/mol. The zero-order valence-electron chi connectivity index (χ0n) is 15.5. The molecule has 1 aliphatic heterocycles. The summed E-state index contributed by atoms with van der Waals surface area (Å²) in [5, 5.41) is 14.1. The minimum absolute atomic E-state index is 0.0202. The van der Waals surface area contributed by atoms with E-state index >= 15 is 0 Å². The summed E-state index contributed by atoms with van der Waals surface area (Å²) in [5.74, 6) is 0.0725. The number of rotatable bonds is 3. The first-order chi connectivity index (χ1) is 13.5. The molecule has 1 aliphatic rings. The highest BCUT2D eigenvalue weighted by Crippen LogP contribution is 2.32. The van der Waals surface area contributed by atoms with E-state index in [1.54, 1.807) is 6.07 Å². The lowest BCUT2D eigenvalue weighted by Gasteiger charge is -2.25. The second-order valence-electron chi connectivity index (χ2n) is 6.82. The molecule has 0 atom stereocenters. The summed E-state index contributed by atoms with van der Waals surface area (Å²) in [6.45, 7) is 4.64. The number of carbonyl (C=O) groups is 1. The predicted octanol–water partition coefficient (Wildman–Crippen LogP) is 3.87. The first-order valence-electron chi connectivity index (χ1n) is 9.17. The molecule has 0 N–H and O–H groups in total. The number of nitro groups is 1. The molecule has 0 saturated carbocycles. The number of para-hydroxylation sites is 1. The lowest BCUT2D eigenvalue weighted by molar-refractivity contribution is -0.383. The van der Waals surface area contributed by atoms with Crippen LogP contribution in [0.15, 0.2) is 41.8 Å². The van der Waals surface area contributed by atoms with Crippen LogP contribution in [-0.4, -0.2) is 46.9 Å². The Morgan fingerprint density at radius 3 is 2.79 bits per heavy atom. The van der Waals surface area contributed by atoms with Crippen LogP contribution in [0.25, 0.3) is 10.9 Å². The van der Waals surface area contributed by atoms with Crippen LogP contribution in [-0.2, 0) is 0 Å². The Balaban J connectivity index is 1.64. The molecular formula is C20H20N4O3S. The SMILES string of the molecule is Cc1cc(N2CCCN(C(=O)c3cccs3)CC2)c2cccc([N+](=O)[O-])c2n1. The molecule has 0 bridgehead atoms. The number of aromatic nitrogens is 1. The highest BCUT2D eigenvalue weighted by molar-refractivity contribution is 7.12. The Morgan fingerprint density at radius 1 is 1.18 bits per heavy atom. The third-order valence-electron chi connectivity index (χ3n) is 4.98. The monoisotopic (exact) mass is 396 g/mol. The molecule has 1 amide bonds. The van der Waals surface area contributed by atoms with E-state index in [2.05, 4.69) is 9.88 Å². The van der Waals surface area contributed by atoms with E-state index in [4.69, 9.17) is 0 Å². The number of carbonyl (C=O) groups excluding carboxylic acids is 1. The zero-order chi connectivity index (χ0) is 19.7. The van der Waals surface area contributed by atoms with E-state index in [0.29, 0.717) is 25.2 Å². The van der Waals surface area contributed by atoms with E-state index in [1.807, 2.05) is 41.5 Å². The van der Waals surface area contributed by atoms with Crippen LogP contribution in [0.4, 0.5) is 11.4 Å². The van der Waals surface area contributed by atoms with Crippen LogP contribution in [0.1, 0.15) is 21.8 Å². The summed E-state index contributed by atoms with van der Waals surface area (Å²) >= 11 is 1.46. The smallest absolute Gasteiger partial charge is 0.295 e. The first-order valence-corrected chi connectivity index (χ1v) is 10.0. The van der Waals surface area contributed by atoms with Gasteiger partial charge < -0.3 is 9.80 Å². The number of anilines is 1. The van der Waals surface area contributed by atoms with Gasteiger partial charge in [0.1, 0.15) is 0 Å². The van der Waals surface area contributed by atoms with Gasteiger partial charge in [-0.2, -0.15) is 0 Å². The quantitative estimate of drug-likeness (QED) is 0.496. The molecule has 0 radical (unpaired) electrons. The molecule has 4 rings (SSSR count). The summed E-state index contributed by atoms with van der Waals surface area (Å²) in [6, 6.07) is 10.8. The van der Waals surface area contributed by atoms with Gasteiger partial charge in [-0.1, -0.05) is 18.2 Å². The largest absolute Gasteiger partial charge is 0.369 e. The fourth-order valence-corrected chi connectivity index (χ4v) is 4.36. The lowest BCUT2D eigenvalue weighted by Crippen LogP contribution is -2.34. The van der Waals surface area contributed by atoms with Crippen molar-refractivity contribution in [1.82, 2.24) is 9.88 Å². The first kappa shape index (κ1) is 18.4. The van der Waals surface area contributed by atoms with Gasteiger partial charge in [-0.3, -0.25) is 14.9 Å². The summed E-state index contributed by atoms with van der Waals surface area (Å²) in [7, 11) is 0. The van der Waals surface area contributed by atoms with Crippen LogP contribution in [0.5, 0.6) is 0 Å². The van der Waals surface area contributed by atoms with Crippen molar-refractivity contribution in [1.29, 1.82) is 0 Å². The number of fused-ring (bicyclic) bond motifs is 1. The number of benzene rings is 1. The number of hydrogen-bond donors (Lipinski definition) is 0. The third kappa shape index (κ3) is 3.43. The molecule has 3 aromatic rings. The van der Waals surface area contributed by atoms with Gasteiger partial charge in [-0.25, -0.2) is 4.98 Å². The van der Waals surface area contributed by atoms with Gasteiger partial charge >= 0.3 is 0 Å². The maximum absolute atomic E-state index is 12.7. The molecule has 1 fully saturated rings. The Bertz CT molecular complexity index is 1040. The third-order valence-corrected chi connectivity index (χ3v) is 5.83. The standard InChI is InChI=1S/C20H20N4O3S/c1-14-13-17(15-5-2-6-16(24(26)27)19(15)21-14)22-8-4-9-23(11-10-22)20(25)18-7-3-12-28-18/h2-3,5-7,12-13H,4,8-11H2,1H3. The normalized spacial score (nSPS) is 14.9. The summed E-state index contributed by atoms with van der Waals surface area (Å²) in [4.78, 5) is 33.0. The second-order valence-corrected chi connectivity index (χ2v) is 7.77. The van der Waals surface area contributed by atoms with Crippen molar-refractivity contribution >= 4 is 39.5 Å². The van der Waals surface area contributed by atoms with Crippen LogP contribution >= 0.6 is 11.3 Å². The number of aryl methyl sites for hydroxylation is 1. The summed E-state index contributed by atoms with van der Waals surface area (Å²) in [6.07, 6.45) is 0.842. The maximum Gasteiger partial charge on any atom is 0.295 e. The van der Waals surface area contributed by atoms with Crippen molar-refractivity contribution in [3.63, 3.8) is 0 Å². The van der Waals surface area contributed by atoms with Gasteiger partial charge in [0.15, 0.2) is 5.52 Å². The number of pyridine rings is 1. The molecule has 1 aromatic carbocycles. The van der Waals surface area contributed by atoms with Crippen LogP contribution in [0.3, 0.4) is 0 Å². The van der Waals surface area contributed by atoms with E-state index in [-0.39, 0.29) is 16.5 Å². The molecule has 2 aromatic heterocycles. The van der Waals surface area contributed by atoms with E-state index in [1.165, 1.54) is 17.4 Å². The van der Waals surface area contributed by atoms with Crippen molar-refractivity contribution < 1.29 is 9.72 Å².